The highest BCUT2D eigenvalue weighted by atomic mass is 16.4. The highest BCUT2D eigenvalue weighted by Crippen LogP contribution is 2.34. The molecular formula is C24H51NO6. The van der Waals surface area contributed by atoms with Crippen molar-refractivity contribution in [1.82, 2.24) is 0 Å². The van der Waals surface area contributed by atoms with Crippen molar-refractivity contribution in [2.75, 3.05) is 0 Å². The molecular weight excluding hydrogens is 398 g/mol. The van der Waals surface area contributed by atoms with Crippen LogP contribution in [-0.2, 0) is 4.79 Å². The quantitative estimate of drug-likeness (QED) is 0.349. The molecule has 1 aliphatic rings. The van der Waals surface area contributed by atoms with E-state index in [9.17, 15) is 25.2 Å². The van der Waals surface area contributed by atoms with Gasteiger partial charge in [0.1, 0.15) is 11.9 Å². The van der Waals surface area contributed by atoms with Crippen LogP contribution in [0, 0.1) is 29.6 Å². The number of nitrogens with two attached hydrogens (primary N) is 1. The number of aliphatic hydroxyl groups excluding tert-OH is 5. The Hall–Kier alpha value is -0.570. The summed E-state index contributed by atoms with van der Waals surface area (Å²) in [7, 11) is 0. The Labute approximate surface area is 190 Å². The van der Waals surface area contributed by atoms with Gasteiger partial charge in [0, 0.05) is 11.8 Å². The first kappa shape index (κ1) is 32.6. The van der Waals surface area contributed by atoms with E-state index in [1.807, 2.05) is 20.8 Å². The fourth-order valence-electron chi connectivity index (χ4n) is 3.67. The van der Waals surface area contributed by atoms with Crippen LogP contribution in [0.25, 0.3) is 0 Å². The van der Waals surface area contributed by atoms with E-state index in [1.54, 1.807) is 6.92 Å². The van der Waals surface area contributed by atoms with Crippen molar-refractivity contribution < 1.29 is 30.3 Å². The minimum absolute atomic E-state index is 0.0737. The predicted molar refractivity (Wildman–Crippen MR) is 125 cm³/mol. The van der Waals surface area contributed by atoms with Gasteiger partial charge < -0.3 is 31.3 Å². The molecule has 7 heteroatoms. The minimum atomic E-state index is -1.15. The van der Waals surface area contributed by atoms with Crippen LogP contribution in [0.4, 0.5) is 0 Å². The van der Waals surface area contributed by atoms with Gasteiger partial charge in [-0.1, -0.05) is 55.4 Å². The summed E-state index contributed by atoms with van der Waals surface area (Å²) < 4.78 is 0. The zero-order valence-corrected chi connectivity index (χ0v) is 21.2. The standard InChI is InChI=1S/C10H20O4.C7H15NO.C7H16O/c1-4(2)6-7(11)5(3)8(12)10(14)9(6)13;1-5(2)4-7(8)6(3)9;1-4-7(8)5-6(2)3/h4-14H,1-3H3;5,7H,4,8H2,1-3H3;6-8H,4-5H2,1-3H3/t;7-;/m.0./s1. The van der Waals surface area contributed by atoms with Crippen molar-refractivity contribution in [2.24, 2.45) is 35.3 Å². The Bertz CT molecular complexity index is 455. The van der Waals surface area contributed by atoms with Gasteiger partial charge in [-0.2, -0.15) is 0 Å². The number of carbonyl (C=O) groups is 1. The Morgan fingerprint density at radius 2 is 1.29 bits per heavy atom. The Morgan fingerprint density at radius 1 is 0.839 bits per heavy atom. The van der Waals surface area contributed by atoms with Gasteiger partial charge in [-0.25, -0.2) is 0 Å². The van der Waals surface area contributed by atoms with E-state index in [0.717, 1.165) is 19.3 Å². The van der Waals surface area contributed by atoms with Crippen LogP contribution in [0.5, 0.6) is 0 Å². The van der Waals surface area contributed by atoms with Crippen LogP contribution in [0.3, 0.4) is 0 Å². The fourth-order valence-corrected chi connectivity index (χ4v) is 3.67. The molecule has 0 spiro atoms. The van der Waals surface area contributed by atoms with E-state index < -0.39 is 30.3 Å². The van der Waals surface area contributed by atoms with E-state index in [0.29, 0.717) is 11.8 Å². The topological polar surface area (TPSA) is 144 Å². The maximum Gasteiger partial charge on any atom is 0.146 e. The molecule has 0 aliphatic heterocycles. The van der Waals surface area contributed by atoms with E-state index in [1.165, 1.54) is 6.92 Å². The summed E-state index contributed by atoms with van der Waals surface area (Å²) in [5.41, 5.74) is 5.47. The molecule has 7 N–H and O–H groups in total. The van der Waals surface area contributed by atoms with Crippen molar-refractivity contribution in [1.29, 1.82) is 0 Å². The molecule has 7 nitrogen and oxygen atoms in total. The van der Waals surface area contributed by atoms with Gasteiger partial charge in [-0.15, -0.1) is 0 Å². The molecule has 0 heterocycles. The third-order valence-corrected chi connectivity index (χ3v) is 5.80. The van der Waals surface area contributed by atoms with Crippen molar-refractivity contribution >= 4 is 5.78 Å². The molecule has 1 rings (SSSR count). The van der Waals surface area contributed by atoms with Gasteiger partial charge in [-0.3, -0.25) is 4.79 Å². The third kappa shape index (κ3) is 12.9. The van der Waals surface area contributed by atoms with Gasteiger partial charge in [0.2, 0.25) is 0 Å². The van der Waals surface area contributed by atoms with Crippen molar-refractivity contribution in [3.8, 4) is 0 Å². The molecule has 1 aliphatic carbocycles. The molecule has 0 radical (unpaired) electrons. The number of ketones is 1. The van der Waals surface area contributed by atoms with E-state index in [2.05, 4.69) is 27.7 Å². The smallest absolute Gasteiger partial charge is 0.146 e. The maximum atomic E-state index is 10.6. The van der Waals surface area contributed by atoms with Crippen LogP contribution < -0.4 is 5.73 Å². The molecule has 0 aromatic rings. The normalized spacial score (nSPS) is 30.3. The van der Waals surface area contributed by atoms with Crippen LogP contribution in [0.1, 0.15) is 81.6 Å². The summed E-state index contributed by atoms with van der Waals surface area (Å²) in [4.78, 5) is 10.6. The first-order valence-corrected chi connectivity index (χ1v) is 11.7. The van der Waals surface area contributed by atoms with E-state index >= 15 is 0 Å². The summed E-state index contributed by atoms with van der Waals surface area (Å²) in [5, 5.41) is 47.6. The van der Waals surface area contributed by atoms with Gasteiger partial charge in [0.15, 0.2) is 0 Å². The monoisotopic (exact) mass is 449 g/mol. The molecule has 1 fully saturated rings. The number of hydrogen-bond donors (Lipinski definition) is 6. The molecule has 0 aromatic heterocycles. The number of hydrogen-bond acceptors (Lipinski definition) is 7. The lowest BCUT2D eigenvalue weighted by Crippen LogP contribution is -2.58. The summed E-state index contributed by atoms with van der Waals surface area (Å²) >= 11 is 0. The number of Topliss-reactive ketones (excluding diaryl/α,β-unsaturated/α-hetero) is 1. The summed E-state index contributed by atoms with van der Waals surface area (Å²) in [6.45, 7) is 17.4. The largest absolute Gasteiger partial charge is 0.393 e. The number of aliphatic hydroxyl groups is 5. The molecule has 7 unspecified atom stereocenters. The number of carbonyl (C=O) groups excluding carboxylic acids is 1. The molecule has 0 bridgehead atoms. The van der Waals surface area contributed by atoms with Crippen molar-refractivity contribution in [3.05, 3.63) is 0 Å². The van der Waals surface area contributed by atoms with Crippen LogP contribution in [0.15, 0.2) is 0 Å². The summed E-state index contributed by atoms with van der Waals surface area (Å²) in [5.74, 6) is 0.534. The second-order valence-electron chi connectivity index (χ2n) is 10.2. The van der Waals surface area contributed by atoms with Gasteiger partial charge in [0.25, 0.3) is 0 Å². The summed E-state index contributed by atoms with van der Waals surface area (Å²) in [6, 6.07) is -0.245. The molecule has 31 heavy (non-hydrogen) atoms. The Balaban J connectivity index is 0. The van der Waals surface area contributed by atoms with Gasteiger partial charge in [0.05, 0.1) is 30.5 Å². The molecule has 1 saturated carbocycles. The lowest BCUT2D eigenvalue weighted by Gasteiger charge is -2.44. The average Bonchev–Trinajstić information content (AvgIpc) is 2.64. The minimum Gasteiger partial charge on any atom is -0.393 e. The van der Waals surface area contributed by atoms with Gasteiger partial charge >= 0.3 is 0 Å². The Morgan fingerprint density at radius 3 is 1.55 bits per heavy atom. The third-order valence-electron chi connectivity index (χ3n) is 5.80. The zero-order chi connectivity index (χ0) is 25.0. The highest BCUT2D eigenvalue weighted by Gasteiger charge is 2.47. The molecule has 188 valence electrons. The molecule has 0 aromatic carbocycles. The van der Waals surface area contributed by atoms with Crippen LogP contribution in [-0.4, -0.2) is 67.9 Å². The van der Waals surface area contributed by atoms with Crippen molar-refractivity contribution in [2.45, 2.75) is 118 Å². The molecule has 0 saturated heterocycles. The lowest BCUT2D eigenvalue weighted by molar-refractivity contribution is -0.185. The second kappa shape index (κ2) is 16.1. The number of rotatable bonds is 7. The first-order chi connectivity index (χ1) is 14.1. The highest BCUT2D eigenvalue weighted by molar-refractivity contribution is 5.81. The van der Waals surface area contributed by atoms with Gasteiger partial charge in [-0.05, 0) is 43.9 Å². The predicted octanol–water partition coefficient (Wildman–Crippen LogP) is 2.10. The van der Waals surface area contributed by atoms with Crippen LogP contribution in [0.2, 0.25) is 0 Å². The molecule has 8 atom stereocenters. The Kier molecular flexibility index (Phi) is 16.9. The van der Waals surface area contributed by atoms with Crippen LogP contribution >= 0.6 is 0 Å². The summed E-state index contributed by atoms with van der Waals surface area (Å²) in [6.07, 6.45) is -1.45. The SMILES string of the molecule is CC(=O)[C@@H](N)CC(C)C.CC(C)C1C(O)C(C)C(O)C(O)C1O.CCC(O)CC(C)C. The average molecular weight is 450 g/mol. The van der Waals surface area contributed by atoms with E-state index in [-0.39, 0.29) is 29.8 Å². The zero-order valence-electron chi connectivity index (χ0n) is 21.2. The lowest BCUT2D eigenvalue weighted by atomic mass is 9.70. The van der Waals surface area contributed by atoms with E-state index in [4.69, 9.17) is 10.8 Å². The second-order valence-corrected chi connectivity index (χ2v) is 10.2. The fraction of sp³-hybridized carbons (Fsp3) is 0.958. The van der Waals surface area contributed by atoms with Crippen molar-refractivity contribution in [3.63, 3.8) is 0 Å². The first-order valence-electron chi connectivity index (χ1n) is 11.7. The molecule has 0 amide bonds. The maximum absolute atomic E-state index is 10.6.